The van der Waals surface area contributed by atoms with Crippen LogP contribution in [0, 0.1) is 5.82 Å². The predicted molar refractivity (Wildman–Crippen MR) is 132 cm³/mol. The van der Waals surface area contributed by atoms with Gasteiger partial charge in [-0.05, 0) is 77.6 Å². The number of rotatable bonds is 4. The van der Waals surface area contributed by atoms with Gasteiger partial charge in [0, 0.05) is 28.2 Å². The molecule has 5 aromatic rings. The summed E-state index contributed by atoms with van der Waals surface area (Å²) < 4.78 is 27.0. The lowest BCUT2D eigenvalue weighted by Crippen LogP contribution is -2.08. The van der Waals surface area contributed by atoms with Gasteiger partial charge in [0.1, 0.15) is 5.82 Å². The molecule has 1 aliphatic heterocycles. The highest BCUT2D eigenvalue weighted by Crippen LogP contribution is 2.43. The summed E-state index contributed by atoms with van der Waals surface area (Å²) in [5, 5.41) is 11.5. The second-order valence-electron chi connectivity index (χ2n) is 8.21. The van der Waals surface area contributed by atoms with Crippen molar-refractivity contribution >= 4 is 44.1 Å². The van der Waals surface area contributed by atoms with E-state index in [-0.39, 0.29) is 11.4 Å². The van der Waals surface area contributed by atoms with Gasteiger partial charge in [-0.25, -0.2) is 9.18 Å². The Kier molecular flexibility index (Phi) is 5.01. The van der Waals surface area contributed by atoms with E-state index in [9.17, 15) is 14.3 Å². The Morgan fingerprint density at radius 3 is 2.59 bits per heavy atom. The summed E-state index contributed by atoms with van der Waals surface area (Å²) in [5.74, 6) is -1.25. The van der Waals surface area contributed by atoms with Crippen LogP contribution in [0.3, 0.4) is 0 Å². The van der Waals surface area contributed by atoms with E-state index < -0.39 is 5.97 Å². The molecule has 7 heteroatoms. The van der Waals surface area contributed by atoms with E-state index in [2.05, 4.69) is 27.1 Å². The summed E-state index contributed by atoms with van der Waals surface area (Å²) in [6.07, 6.45) is 4.69. The van der Waals surface area contributed by atoms with E-state index >= 15 is 0 Å². The molecule has 0 aliphatic carbocycles. The number of carboxylic acid groups (broad SMARTS) is 1. The van der Waals surface area contributed by atoms with Crippen molar-refractivity contribution in [2.24, 2.45) is 0 Å². The second-order valence-corrected chi connectivity index (χ2v) is 9.04. The highest BCUT2D eigenvalue weighted by molar-refractivity contribution is 7.13. The topological polar surface area (TPSA) is 64.3 Å². The standard InChI is InChI=1S/C27H19FN2O3S/c28-20-5-7-21(8-6-20)30-23-13-19-15-29-34-24(19)14-22(23)25(26(30)17-9-11-33-12-10-17)16-1-3-18(4-2-16)27(31)32/h1-9,13-15H,10-12H2,(H,31,32). The molecule has 5 nitrogen and oxygen atoms in total. The molecule has 0 saturated heterocycles. The monoisotopic (exact) mass is 470 g/mol. The number of hydrogen-bond acceptors (Lipinski definition) is 4. The first kappa shape index (κ1) is 20.8. The van der Waals surface area contributed by atoms with Crippen LogP contribution in [-0.2, 0) is 4.74 Å². The summed E-state index contributed by atoms with van der Waals surface area (Å²) in [5.41, 5.74) is 6.16. The van der Waals surface area contributed by atoms with Crippen molar-refractivity contribution < 1.29 is 19.0 Å². The normalized spacial score (nSPS) is 14.0. The van der Waals surface area contributed by atoms with E-state index in [0.717, 1.165) is 55.5 Å². The van der Waals surface area contributed by atoms with Crippen molar-refractivity contribution in [3.63, 3.8) is 0 Å². The maximum atomic E-state index is 13.8. The summed E-state index contributed by atoms with van der Waals surface area (Å²) in [7, 11) is 0. The molecule has 3 aromatic carbocycles. The van der Waals surface area contributed by atoms with E-state index in [0.29, 0.717) is 13.2 Å². The Balaban J connectivity index is 1.74. The number of halogens is 1. The number of benzene rings is 3. The number of aromatic nitrogens is 2. The number of hydrogen-bond donors (Lipinski definition) is 1. The first-order chi connectivity index (χ1) is 16.6. The molecule has 0 saturated carbocycles. The van der Waals surface area contributed by atoms with E-state index in [1.165, 1.54) is 23.7 Å². The van der Waals surface area contributed by atoms with Gasteiger partial charge in [0.2, 0.25) is 0 Å². The van der Waals surface area contributed by atoms with Gasteiger partial charge in [0.05, 0.1) is 34.7 Å². The summed E-state index contributed by atoms with van der Waals surface area (Å²) in [6, 6.07) is 17.7. The Labute approximate surface area is 198 Å². The van der Waals surface area contributed by atoms with Crippen LogP contribution in [0.1, 0.15) is 22.5 Å². The number of nitrogens with zero attached hydrogens (tertiary/aromatic N) is 2. The highest BCUT2D eigenvalue weighted by Gasteiger charge is 2.24. The fourth-order valence-electron chi connectivity index (χ4n) is 4.63. The lowest BCUT2D eigenvalue weighted by molar-refractivity contribution is 0.0697. The molecule has 0 spiro atoms. The van der Waals surface area contributed by atoms with Crippen molar-refractivity contribution in [2.45, 2.75) is 6.42 Å². The van der Waals surface area contributed by atoms with E-state index in [1.807, 2.05) is 18.3 Å². The maximum absolute atomic E-state index is 13.8. The van der Waals surface area contributed by atoms with Crippen LogP contribution in [-0.4, -0.2) is 33.2 Å². The van der Waals surface area contributed by atoms with Gasteiger partial charge in [0.15, 0.2) is 0 Å². The molecule has 0 bridgehead atoms. The fourth-order valence-corrected chi connectivity index (χ4v) is 5.29. The third kappa shape index (κ3) is 3.41. The van der Waals surface area contributed by atoms with E-state index in [4.69, 9.17) is 4.74 Å². The molecule has 1 aliphatic rings. The molecule has 0 fully saturated rings. The van der Waals surface area contributed by atoms with Crippen molar-refractivity contribution in [3.05, 3.63) is 90.0 Å². The van der Waals surface area contributed by atoms with Gasteiger partial charge in [0.25, 0.3) is 0 Å². The Morgan fingerprint density at radius 2 is 1.88 bits per heavy atom. The van der Waals surface area contributed by atoms with Crippen molar-refractivity contribution in [2.75, 3.05) is 13.2 Å². The molecule has 6 rings (SSSR count). The average molecular weight is 471 g/mol. The SMILES string of the molecule is O=C(O)c1ccc(-c2c(C3=CCOCC3)n(-c3ccc(F)cc3)c3cc4cnsc4cc23)cc1. The highest BCUT2D eigenvalue weighted by atomic mass is 32.1. The van der Waals surface area contributed by atoms with Crippen LogP contribution in [0.5, 0.6) is 0 Å². The number of aromatic carboxylic acids is 1. The van der Waals surface area contributed by atoms with Crippen LogP contribution in [0.4, 0.5) is 4.39 Å². The van der Waals surface area contributed by atoms with Crippen LogP contribution in [0.25, 0.3) is 43.4 Å². The fraction of sp³-hybridized carbons (Fsp3) is 0.111. The van der Waals surface area contributed by atoms with Crippen molar-refractivity contribution in [1.29, 1.82) is 0 Å². The zero-order valence-electron chi connectivity index (χ0n) is 18.0. The van der Waals surface area contributed by atoms with Crippen molar-refractivity contribution in [3.8, 4) is 16.8 Å². The third-order valence-corrected chi connectivity index (χ3v) is 6.98. The van der Waals surface area contributed by atoms with Gasteiger partial charge < -0.3 is 14.4 Å². The largest absolute Gasteiger partial charge is 0.478 e. The first-order valence-electron chi connectivity index (χ1n) is 10.9. The molecule has 34 heavy (non-hydrogen) atoms. The molecule has 0 atom stereocenters. The molecular weight excluding hydrogens is 451 g/mol. The predicted octanol–water partition coefficient (Wildman–Crippen LogP) is 6.55. The summed E-state index contributed by atoms with van der Waals surface area (Å²) in [6.45, 7) is 1.14. The Hall–Kier alpha value is -3.81. The summed E-state index contributed by atoms with van der Waals surface area (Å²) in [4.78, 5) is 11.4. The van der Waals surface area contributed by atoms with Crippen LogP contribution < -0.4 is 0 Å². The minimum Gasteiger partial charge on any atom is -0.478 e. The van der Waals surface area contributed by atoms with Gasteiger partial charge in [-0.1, -0.05) is 18.2 Å². The van der Waals surface area contributed by atoms with Gasteiger partial charge in [-0.3, -0.25) is 0 Å². The Bertz CT molecular complexity index is 1580. The van der Waals surface area contributed by atoms with Crippen molar-refractivity contribution in [1.82, 2.24) is 8.94 Å². The molecule has 0 unspecified atom stereocenters. The zero-order chi connectivity index (χ0) is 23.2. The minimum absolute atomic E-state index is 0.239. The maximum Gasteiger partial charge on any atom is 0.335 e. The van der Waals surface area contributed by atoms with Gasteiger partial charge in [-0.2, -0.15) is 4.37 Å². The van der Waals surface area contributed by atoms with Gasteiger partial charge in [-0.15, -0.1) is 0 Å². The Morgan fingerprint density at radius 1 is 1.09 bits per heavy atom. The average Bonchev–Trinajstić information content (AvgIpc) is 3.45. The third-order valence-electron chi connectivity index (χ3n) is 6.21. The lowest BCUT2D eigenvalue weighted by Gasteiger charge is -2.19. The number of carboxylic acids is 1. The molecule has 168 valence electrons. The smallest absolute Gasteiger partial charge is 0.335 e. The van der Waals surface area contributed by atoms with Crippen LogP contribution in [0.2, 0.25) is 0 Å². The second kappa shape index (κ2) is 8.20. The molecule has 1 N–H and O–H groups in total. The molecular formula is C27H19FN2O3S. The van der Waals surface area contributed by atoms with E-state index in [1.54, 1.807) is 24.3 Å². The zero-order valence-corrected chi connectivity index (χ0v) is 18.8. The van der Waals surface area contributed by atoms with Gasteiger partial charge >= 0.3 is 5.97 Å². The number of fused-ring (bicyclic) bond motifs is 2. The lowest BCUT2D eigenvalue weighted by atomic mass is 9.95. The summed E-state index contributed by atoms with van der Waals surface area (Å²) >= 11 is 1.44. The van der Waals surface area contributed by atoms with Crippen LogP contribution in [0.15, 0.2) is 72.9 Å². The minimum atomic E-state index is -0.959. The number of carbonyl (C=O) groups is 1. The molecule has 0 radical (unpaired) electrons. The first-order valence-corrected chi connectivity index (χ1v) is 11.7. The van der Waals surface area contributed by atoms with Crippen LogP contribution >= 0.6 is 11.5 Å². The molecule has 3 heterocycles. The molecule has 0 amide bonds. The number of ether oxygens (including phenoxy) is 1. The molecule has 2 aromatic heterocycles. The quantitative estimate of drug-likeness (QED) is 0.324.